The van der Waals surface area contributed by atoms with Crippen molar-refractivity contribution in [3.63, 3.8) is 0 Å². The minimum atomic E-state index is -3.88. The summed E-state index contributed by atoms with van der Waals surface area (Å²) in [5.41, 5.74) is 4.20. The van der Waals surface area contributed by atoms with Crippen LogP contribution in [0.5, 0.6) is 0 Å². The van der Waals surface area contributed by atoms with Gasteiger partial charge in [0, 0.05) is 12.7 Å². The summed E-state index contributed by atoms with van der Waals surface area (Å²) in [6, 6.07) is 1.14. The molecule has 1 heterocycles. The smallest absolute Gasteiger partial charge is 0.250 e. The highest BCUT2D eigenvalue weighted by Crippen LogP contribution is 2.22. The normalized spacial score (nSPS) is 18.7. The van der Waals surface area contributed by atoms with Crippen molar-refractivity contribution in [3.05, 3.63) is 29.3 Å². The summed E-state index contributed by atoms with van der Waals surface area (Å²) in [6.07, 6.45) is 0.907. The molecule has 1 fully saturated rings. The van der Waals surface area contributed by atoms with Gasteiger partial charge < -0.3 is 10.5 Å². The summed E-state index contributed by atoms with van der Waals surface area (Å²) in [7, 11) is -3.88. The Hall–Kier alpha value is -1.74. The van der Waals surface area contributed by atoms with E-state index in [1.807, 2.05) is 4.72 Å². The molecular formula is C12H14F2N2O4S. The number of nitrogens with one attached hydrogen (secondary N) is 1. The van der Waals surface area contributed by atoms with Gasteiger partial charge in [0.25, 0.3) is 5.91 Å². The number of benzene rings is 1. The number of hydrogen-bond acceptors (Lipinski definition) is 4. The van der Waals surface area contributed by atoms with Crippen LogP contribution in [0.3, 0.4) is 0 Å². The molecule has 1 aliphatic heterocycles. The molecule has 1 saturated heterocycles. The van der Waals surface area contributed by atoms with E-state index in [0.717, 1.165) is 6.42 Å². The van der Waals surface area contributed by atoms with Gasteiger partial charge in [-0.2, -0.15) is 0 Å². The van der Waals surface area contributed by atoms with Crippen LogP contribution in [0.15, 0.2) is 12.1 Å². The summed E-state index contributed by atoms with van der Waals surface area (Å²) >= 11 is 0. The number of primary amides is 1. The minimum Gasteiger partial charge on any atom is -0.377 e. The zero-order chi connectivity index (χ0) is 15.6. The number of ether oxygens (including phenoxy) is 1. The predicted molar refractivity (Wildman–Crippen MR) is 71.3 cm³/mol. The van der Waals surface area contributed by atoms with E-state index in [-0.39, 0.29) is 11.4 Å². The number of carbonyl (C=O) groups is 1. The van der Waals surface area contributed by atoms with Crippen LogP contribution < -0.4 is 10.5 Å². The van der Waals surface area contributed by atoms with Crippen LogP contribution >= 0.6 is 0 Å². The maximum absolute atomic E-state index is 13.2. The fourth-order valence-corrected chi connectivity index (χ4v) is 3.40. The summed E-state index contributed by atoms with van der Waals surface area (Å²) < 4.78 is 57.5. The van der Waals surface area contributed by atoms with Crippen LogP contribution in [0, 0.1) is 11.6 Å². The molecule has 21 heavy (non-hydrogen) atoms. The molecule has 1 aromatic rings. The molecule has 1 amide bonds. The average molecular weight is 320 g/mol. The lowest BCUT2D eigenvalue weighted by molar-refractivity contribution is 0.100. The van der Waals surface area contributed by atoms with Gasteiger partial charge in [0.15, 0.2) is 11.6 Å². The molecule has 6 nitrogen and oxygen atoms in total. The molecule has 1 aromatic carbocycles. The Bertz CT molecular complexity index is 657. The number of sulfonamides is 1. The second-order valence-electron chi connectivity index (χ2n) is 4.69. The second kappa shape index (κ2) is 5.94. The van der Waals surface area contributed by atoms with Gasteiger partial charge in [0.2, 0.25) is 10.0 Å². The van der Waals surface area contributed by atoms with Crippen molar-refractivity contribution in [2.45, 2.75) is 18.9 Å². The molecule has 1 aliphatic rings. The SMILES string of the molecule is NC(=O)c1cc(F)c(F)cc1NS(=O)(=O)C[C@@H]1CCCO1. The summed E-state index contributed by atoms with van der Waals surface area (Å²) in [4.78, 5) is 11.2. The van der Waals surface area contributed by atoms with E-state index in [1.54, 1.807) is 0 Å². The summed E-state index contributed by atoms with van der Waals surface area (Å²) in [5, 5.41) is 0. The van der Waals surface area contributed by atoms with Crippen molar-refractivity contribution < 1.29 is 26.7 Å². The topological polar surface area (TPSA) is 98.5 Å². The van der Waals surface area contributed by atoms with Crippen molar-refractivity contribution in [1.29, 1.82) is 0 Å². The van der Waals surface area contributed by atoms with Crippen LogP contribution in [0.2, 0.25) is 0 Å². The second-order valence-corrected chi connectivity index (χ2v) is 6.46. The van der Waals surface area contributed by atoms with Crippen molar-refractivity contribution in [2.75, 3.05) is 17.1 Å². The zero-order valence-electron chi connectivity index (χ0n) is 10.9. The maximum atomic E-state index is 13.2. The molecule has 0 saturated carbocycles. The first kappa shape index (κ1) is 15.6. The van der Waals surface area contributed by atoms with E-state index in [2.05, 4.69) is 0 Å². The van der Waals surface area contributed by atoms with E-state index in [9.17, 15) is 22.0 Å². The molecule has 9 heteroatoms. The van der Waals surface area contributed by atoms with Gasteiger partial charge in [0.05, 0.1) is 23.1 Å². The molecule has 2 rings (SSSR count). The van der Waals surface area contributed by atoms with E-state index in [4.69, 9.17) is 10.5 Å². The molecular weight excluding hydrogens is 306 g/mol. The summed E-state index contributed by atoms with van der Waals surface area (Å²) in [6.45, 7) is 0.484. The standard InChI is InChI=1S/C12H14F2N2O4S/c13-9-4-8(12(15)17)11(5-10(9)14)16-21(18,19)6-7-2-1-3-20-7/h4-5,7,16H,1-3,6H2,(H2,15,17)/t7-/m0/s1. The van der Waals surface area contributed by atoms with E-state index >= 15 is 0 Å². The predicted octanol–water partition coefficient (Wildman–Crippen LogP) is 0.984. The number of hydrogen-bond donors (Lipinski definition) is 2. The minimum absolute atomic E-state index is 0.329. The number of anilines is 1. The van der Waals surface area contributed by atoms with E-state index in [1.165, 1.54) is 0 Å². The third kappa shape index (κ3) is 3.88. The van der Waals surface area contributed by atoms with Crippen LogP contribution in [0.4, 0.5) is 14.5 Å². The summed E-state index contributed by atoms with van der Waals surface area (Å²) in [5.74, 6) is -3.96. The highest BCUT2D eigenvalue weighted by molar-refractivity contribution is 7.92. The number of halogens is 2. The molecule has 0 aliphatic carbocycles. The monoisotopic (exact) mass is 320 g/mol. The Morgan fingerprint density at radius 3 is 2.62 bits per heavy atom. The molecule has 3 N–H and O–H groups in total. The molecule has 116 valence electrons. The van der Waals surface area contributed by atoms with Crippen LogP contribution in [0.1, 0.15) is 23.2 Å². The Kier molecular flexibility index (Phi) is 4.43. The first-order chi connectivity index (χ1) is 9.78. The highest BCUT2D eigenvalue weighted by Gasteiger charge is 2.25. The highest BCUT2D eigenvalue weighted by atomic mass is 32.2. The van der Waals surface area contributed by atoms with E-state index in [0.29, 0.717) is 25.2 Å². The maximum Gasteiger partial charge on any atom is 0.250 e. The van der Waals surface area contributed by atoms with E-state index < -0.39 is 39.2 Å². The molecule has 1 atom stereocenters. The van der Waals surface area contributed by atoms with Gasteiger partial charge >= 0.3 is 0 Å². The fourth-order valence-electron chi connectivity index (χ4n) is 2.06. The van der Waals surface area contributed by atoms with Gasteiger partial charge in [0.1, 0.15) is 0 Å². The molecule has 0 aromatic heterocycles. The van der Waals surface area contributed by atoms with Crippen LogP contribution in [-0.2, 0) is 14.8 Å². The van der Waals surface area contributed by atoms with Crippen molar-refractivity contribution in [2.24, 2.45) is 5.73 Å². The quantitative estimate of drug-likeness (QED) is 0.845. The zero-order valence-corrected chi connectivity index (χ0v) is 11.8. The van der Waals surface area contributed by atoms with Gasteiger partial charge in [-0.3, -0.25) is 9.52 Å². The largest absolute Gasteiger partial charge is 0.377 e. The molecule has 0 spiro atoms. The third-order valence-corrected chi connectivity index (χ3v) is 4.36. The number of amides is 1. The number of rotatable bonds is 5. The van der Waals surface area contributed by atoms with Gasteiger partial charge in [-0.05, 0) is 18.9 Å². The number of nitrogens with two attached hydrogens (primary N) is 1. The Labute approximate surface area is 120 Å². The van der Waals surface area contributed by atoms with Crippen molar-refractivity contribution in [1.82, 2.24) is 0 Å². The van der Waals surface area contributed by atoms with Crippen LogP contribution in [-0.4, -0.2) is 32.8 Å². The van der Waals surface area contributed by atoms with Gasteiger partial charge in [-0.25, -0.2) is 17.2 Å². The molecule has 0 radical (unpaired) electrons. The van der Waals surface area contributed by atoms with Crippen LogP contribution in [0.25, 0.3) is 0 Å². The third-order valence-electron chi connectivity index (χ3n) is 3.02. The first-order valence-electron chi connectivity index (χ1n) is 6.19. The Balaban J connectivity index is 2.25. The lowest BCUT2D eigenvalue weighted by Gasteiger charge is -2.14. The van der Waals surface area contributed by atoms with Crippen molar-refractivity contribution >= 4 is 21.6 Å². The van der Waals surface area contributed by atoms with Crippen molar-refractivity contribution in [3.8, 4) is 0 Å². The lowest BCUT2D eigenvalue weighted by Crippen LogP contribution is -2.27. The first-order valence-corrected chi connectivity index (χ1v) is 7.84. The lowest BCUT2D eigenvalue weighted by atomic mass is 10.1. The number of carbonyl (C=O) groups excluding carboxylic acids is 1. The Morgan fingerprint density at radius 2 is 2.05 bits per heavy atom. The Morgan fingerprint density at radius 1 is 1.38 bits per heavy atom. The van der Waals surface area contributed by atoms with Gasteiger partial charge in [-0.15, -0.1) is 0 Å². The fraction of sp³-hybridized carbons (Fsp3) is 0.417. The molecule has 0 bridgehead atoms. The van der Waals surface area contributed by atoms with Gasteiger partial charge in [-0.1, -0.05) is 0 Å². The average Bonchev–Trinajstić information content (AvgIpc) is 2.84. The molecule has 0 unspecified atom stereocenters.